The summed E-state index contributed by atoms with van der Waals surface area (Å²) < 4.78 is 0. The van der Waals surface area contributed by atoms with Crippen LogP contribution in [0.2, 0.25) is 0 Å². The fourth-order valence-electron chi connectivity index (χ4n) is 3.00. The molecule has 2 rings (SSSR count). The van der Waals surface area contributed by atoms with Crippen LogP contribution < -0.4 is 10.2 Å². The standard InChI is InChI=1S/C18H31N3/c1-3-20(4-2)13-7-12-19-16-17-8-10-18(11-9-17)21-14-5-6-15-21/h8-11,19H,3-7,12-16H2,1-2H3. The quantitative estimate of drug-likeness (QED) is 0.705. The molecule has 1 N–H and O–H groups in total. The largest absolute Gasteiger partial charge is 0.372 e. The van der Waals surface area contributed by atoms with Crippen molar-refractivity contribution in [2.24, 2.45) is 0 Å². The van der Waals surface area contributed by atoms with Crippen molar-refractivity contribution in [3.8, 4) is 0 Å². The van der Waals surface area contributed by atoms with E-state index < -0.39 is 0 Å². The first-order valence-corrected chi connectivity index (χ1v) is 8.60. The summed E-state index contributed by atoms with van der Waals surface area (Å²) >= 11 is 0. The number of benzene rings is 1. The highest BCUT2D eigenvalue weighted by Crippen LogP contribution is 2.20. The number of anilines is 1. The van der Waals surface area contributed by atoms with Crippen molar-refractivity contribution in [2.75, 3.05) is 44.2 Å². The van der Waals surface area contributed by atoms with E-state index in [2.05, 4.69) is 53.2 Å². The molecule has 3 heteroatoms. The molecule has 118 valence electrons. The number of rotatable bonds is 9. The van der Waals surface area contributed by atoms with Gasteiger partial charge in [-0.2, -0.15) is 0 Å². The molecule has 0 unspecified atom stereocenters. The zero-order valence-corrected chi connectivity index (χ0v) is 13.8. The predicted molar refractivity (Wildman–Crippen MR) is 92.0 cm³/mol. The Labute approximate surface area is 130 Å². The zero-order valence-electron chi connectivity index (χ0n) is 13.8. The lowest BCUT2D eigenvalue weighted by atomic mass is 10.2. The molecule has 1 heterocycles. The van der Waals surface area contributed by atoms with Crippen LogP contribution in [0, 0.1) is 0 Å². The average molecular weight is 289 g/mol. The van der Waals surface area contributed by atoms with Crippen molar-refractivity contribution >= 4 is 5.69 Å². The van der Waals surface area contributed by atoms with Gasteiger partial charge in [-0.15, -0.1) is 0 Å². The van der Waals surface area contributed by atoms with E-state index >= 15 is 0 Å². The Kier molecular flexibility index (Phi) is 7.04. The van der Waals surface area contributed by atoms with Gasteiger partial charge in [0, 0.05) is 25.3 Å². The average Bonchev–Trinajstić information content (AvgIpc) is 3.06. The van der Waals surface area contributed by atoms with Crippen molar-refractivity contribution in [3.05, 3.63) is 29.8 Å². The number of hydrogen-bond donors (Lipinski definition) is 1. The number of nitrogens with one attached hydrogen (secondary N) is 1. The molecule has 0 aromatic heterocycles. The summed E-state index contributed by atoms with van der Waals surface area (Å²) in [7, 11) is 0. The third kappa shape index (κ3) is 5.33. The van der Waals surface area contributed by atoms with Crippen LogP contribution in [0.25, 0.3) is 0 Å². The molecule has 21 heavy (non-hydrogen) atoms. The van der Waals surface area contributed by atoms with Crippen LogP contribution in [0.1, 0.15) is 38.7 Å². The Morgan fingerprint density at radius 1 is 1.05 bits per heavy atom. The maximum atomic E-state index is 3.55. The van der Waals surface area contributed by atoms with Gasteiger partial charge in [-0.3, -0.25) is 0 Å². The van der Waals surface area contributed by atoms with Gasteiger partial charge in [0.15, 0.2) is 0 Å². The summed E-state index contributed by atoms with van der Waals surface area (Å²) in [4.78, 5) is 4.97. The number of hydrogen-bond acceptors (Lipinski definition) is 3. The summed E-state index contributed by atoms with van der Waals surface area (Å²) in [5.74, 6) is 0. The van der Waals surface area contributed by atoms with Crippen LogP contribution in [0.4, 0.5) is 5.69 Å². The summed E-state index contributed by atoms with van der Waals surface area (Å²) in [6.07, 6.45) is 3.92. The Balaban J connectivity index is 1.64. The highest BCUT2D eigenvalue weighted by atomic mass is 15.1. The monoisotopic (exact) mass is 289 g/mol. The molecule has 0 spiro atoms. The van der Waals surface area contributed by atoms with E-state index in [1.807, 2.05) is 0 Å². The topological polar surface area (TPSA) is 18.5 Å². The fourth-order valence-corrected chi connectivity index (χ4v) is 3.00. The molecular weight excluding hydrogens is 258 g/mol. The zero-order chi connectivity index (χ0) is 14.9. The molecule has 0 atom stereocenters. The SMILES string of the molecule is CCN(CC)CCCNCc1ccc(N2CCCC2)cc1. The maximum Gasteiger partial charge on any atom is 0.0366 e. The molecule has 3 nitrogen and oxygen atoms in total. The molecule has 1 aromatic carbocycles. The maximum absolute atomic E-state index is 3.55. The Bertz CT molecular complexity index is 378. The van der Waals surface area contributed by atoms with Gasteiger partial charge >= 0.3 is 0 Å². The van der Waals surface area contributed by atoms with Gasteiger partial charge < -0.3 is 15.1 Å². The van der Waals surface area contributed by atoms with E-state index in [-0.39, 0.29) is 0 Å². The minimum atomic E-state index is 0.985. The molecule has 0 amide bonds. The lowest BCUT2D eigenvalue weighted by Gasteiger charge is -2.18. The second kappa shape index (κ2) is 9.06. The molecule has 1 aromatic rings. The van der Waals surface area contributed by atoms with E-state index in [0.717, 1.165) is 26.2 Å². The van der Waals surface area contributed by atoms with Crippen molar-refractivity contribution in [1.82, 2.24) is 10.2 Å². The Morgan fingerprint density at radius 2 is 1.71 bits per heavy atom. The van der Waals surface area contributed by atoms with E-state index in [0.29, 0.717) is 0 Å². The van der Waals surface area contributed by atoms with Crippen LogP contribution in [-0.2, 0) is 6.54 Å². The van der Waals surface area contributed by atoms with Crippen LogP contribution >= 0.6 is 0 Å². The molecular formula is C18H31N3. The normalized spacial score (nSPS) is 15.1. The van der Waals surface area contributed by atoms with Crippen LogP contribution in [0.3, 0.4) is 0 Å². The van der Waals surface area contributed by atoms with Crippen LogP contribution in [0.15, 0.2) is 24.3 Å². The molecule has 1 aliphatic rings. The van der Waals surface area contributed by atoms with Gasteiger partial charge in [0.2, 0.25) is 0 Å². The van der Waals surface area contributed by atoms with Crippen LogP contribution in [-0.4, -0.2) is 44.2 Å². The summed E-state index contributed by atoms with van der Waals surface area (Å²) in [6.45, 7) is 12.5. The summed E-state index contributed by atoms with van der Waals surface area (Å²) in [5, 5.41) is 3.55. The lowest BCUT2D eigenvalue weighted by Crippen LogP contribution is -2.27. The van der Waals surface area contributed by atoms with E-state index in [1.165, 1.54) is 50.1 Å². The summed E-state index contributed by atoms with van der Waals surface area (Å²) in [6, 6.07) is 9.09. The second-order valence-electron chi connectivity index (χ2n) is 5.92. The smallest absolute Gasteiger partial charge is 0.0366 e. The number of nitrogens with zero attached hydrogens (tertiary/aromatic N) is 2. The first kappa shape index (κ1) is 16.3. The molecule has 0 aliphatic carbocycles. The minimum absolute atomic E-state index is 0.985. The van der Waals surface area contributed by atoms with Gasteiger partial charge in [0.1, 0.15) is 0 Å². The van der Waals surface area contributed by atoms with Crippen molar-refractivity contribution < 1.29 is 0 Å². The molecule has 0 saturated carbocycles. The molecule has 0 radical (unpaired) electrons. The lowest BCUT2D eigenvalue weighted by molar-refractivity contribution is 0.298. The minimum Gasteiger partial charge on any atom is -0.372 e. The molecule has 1 saturated heterocycles. The van der Waals surface area contributed by atoms with E-state index in [1.54, 1.807) is 0 Å². The summed E-state index contributed by atoms with van der Waals surface area (Å²) in [5.41, 5.74) is 2.78. The fraction of sp³-hybridized carbons (Fsp3) is 0.667. The molecule has 0 bridgehead atoms. The third-order valence-electron chi connectivity index (χ3n) is 4.46. The second-order valence-corrected chi connectivity index (χ2v) is 5.92. The highest BCUT2D eigenvalue weighted by Gasteiger charge is 2.11. The van der Waals surface area contributed by atoms with Crippen molar-refractivity contribution in [1.29, 1.82) is 0 Å². The van der Waals surface area contributed by atoms with Gasteiger partial charge in [-0.1, -0.05) is 26.0 Å². The Morgan fingerprint density at radius 3 is 2.33 bits per heavy atom. The highest BCUT2D eigenvalue weighted by molar-refractivity contribution is 5.48. The van der Waals surface area contributed by atoms with Gasteiger partial charge in [-0.05, 0) is 63.1 Å². The first-order valence-electron chi connectivity index (χ1n) is 8.60. The van der Waals surface area contributed by atoms with Gasteiger partial charge in [0.05, 0.1) is 0 Å². The van der Waals surface area contributed by atoms with E-state index in [4.69, 9.17) is 0 Å². The third-order valence-corrected chi connectivity index (χ3v) is 4.46. The Hall–Kier alpha value is -1.06. The van der Waals surface area contributed by atoms with Gasteiger partial charge in [0.25, 0.3) is 0 Å². The first-order chi connectivity index (χ1) is 10.3. The molecule has 1 aliphatic heterocycles. The molecule has 1 fully saturated rings. The van der Waals surface area contributed by atoms with Crippen molar-refractivity contribution in [2.45, 2.75) is 39.7 Å². The van der Waals surface area contributed by atoms with E-state index in [9.17, 15) is 0 Å². The van der Waals surface area contributed by atoms with Crippen LogP contribution in [0.5, 0.6) is 0 Å². The predicted octanol–water partition coefficient (Wildman–Crippen LogP) is 3.11. The van der Waals surface area contributed by atoms with Crippen molar-refractivity contribution in [3.63, 3.8) is 0 Å². The van der Waals surface area contributed by atoms with Gasteiger partial charge in [-0.25, -0.2) is 0 Å².